The molecular weight excluding hydrogens is 256 g/mol. The highest BCUT2D eigenvalue weighted by Gasteiger charge is 2.08. The first-order valence-corrected chi connectivity index (χ1v) is 6.40. The number of nitrogens with two attached hydrogens (primary N) is 1. The number of carbonyl (C=O) groups excluding carboxylic acids is 2. The number of carbonyl (C=O) groups is 2. The Bertz CT molecular complexity index is 338. The lowest BCUT2D eigenvalue weighted by atomic mass is 10.2. The molecule has 0 bridgehead atoms. The predicted molar refractivity (Wildman–Crippen MR) is 82.8 cm³/mol. The zero-order chi connectivity index (χ0) is 16.3. The van der Waals surface area contributed by atoms with Gasteiger partial charge in [0.1, 0.15) is 0 Å². The van der Waals surface area contributed by atoms with Crippen LogP contribution in [-0.4, -0.2) is 68.0 Å². The van der Waals surface area contributed by atoms with Crippen molar-refractivity contribution in [3.63, 3.8) is 0 Å². The summed E-state index contributed by atoms with van der Waals surface area (Å²) < 4.78 is 0. The highest BCUT2D eigenvalue weighted by atomic mass is 16.2. The topological polar surface area (TPSA) is 69.9 Å². The van der Waals surface area contributed by atoms with E-state index in [1.807, 2.05) is 40.0 Å². The van der Waals surface area contributed by atoms with Gasteiger partial charge in [0.15, 0.2) is 0 Å². The van der Waals surface area contributed by atoms with Crippen LogP contribution in [0.1, 0.15) is 13.3 Å². The van der Waals surface area contributed by atoms with Crippen LogP contribution in [0, 0.1) is 0 Å². The third-order valence-corrected chi connectivity index (χ3v) is 2.42. The van der Waals surface area contributed by atoms with Gasteiger partial charge in [-0.3, -0.25) is 14.6 Å². The average Bonchev–Trinajstić information content (AvgIpc) is 2.36. The smallest absolute Gasteiger partial charge is 0.260 e. The normalized spacial score (nSPS) is 9.75. The molecule has 0 aliphatic carbocycles. The summed E-state index contributed by atoms with van der Waals surface area (Å²) in [4.78, 5) is 23.3. The Labute approximate surface area is 122 Å². The van der Waals surface area contributed by atoms with Gasteiger partial charge in [-0.05, 0) is 33.5 Å². The molecule has 6 nitrogen and oxygen atoms in total. The molecule has 0 saturated carbocycles. The summed E-state index contributed by atoms with van der Waals surface area (Å²) in [6.45, 7) is 10.3. The Morgan fingerprint density at radius 3 is 1.90 bits per heavy atom. The summed E-state index contributed by atoms with van der Waals surface area (Å²) in [6, 6.07) is 0. The molecule has 0 fully saturated rings. The molecule has 0 aromatic rings. The molecule has 0 aliphatic heterocycles. The molecule has 0 heterocycles. The number of primary amides is 1. The van der Waals surface area contributed by atoms with Crippen molar-refractivity contribution < 1.29 is 9.59 Å². The molecule has 20 heavy (non-hydrogen) atoms. The molecule has 6 heteroatoms. The van der Waals surface area contributed by atoms with E-state index >= 15 is 0 Å². The van der Waals surface area contributed by atoms with Gasteiger partial charge in [0, 0.05) is 32.8 Å². The van der Waals surface area contributed by atoms with Gasteiger partial charge in [0.2, 0.25) is 5.91 Å². The van der Waals surface area contributed by atoms with Crippen LogP contribution in [0.5, 0.6) is 0 Å². The zero-order valence-corrected chi connectivity index (χ0v) is 13.3. The molecule has 0 radical (unpaired) electrons. The second-order valence-corrected chi connectivity index (χ2v) is 4.63. The van der Waals surface area contributed by atoms with Crippen LogP contribution in [0.3, 0.4) is 0 Å². The molecule has 0 aliphatic rings. The van der Waals surface area contributed by atoms with E-state index in [1.165, 1.54) is 6.08 Å². The van der Waals surface area contributed by atoms with Crippen molar-refractivity contribution in [2.45, 2.75) is 13.3 Å². The lowest BCUT2D eigenvalue weighted by molar-refractivity contribution is -0.138. The van der Waals surface area contributed by atoms with Crippen LogP contribution in [0.2, 0.25) is 0 Å². The largest absolute Gasteiger partial charge is 0.366 e. The Balaban J connectivity index is 0. The van der Waals surface area contributed by atoms with Crippen molar-refractivity contribution in [1.82, 2.24) is 14.9 Å². The van der Waals surface area contributed by atoms with Crippen LogP contribution in [0.4, 0.5) is 0 Å². The number of rotatable bonds is 7. The molecule has 0 saturated heterocycles. The van der Waals surface area contributed by atoms with E-state index in [0.29, 0.717) is 18.5 Å². The lowest BCUT2D eigenvalue weighted by Gasteiger charge is -2.25. The summed E-state index contributed by atoms with van der Waals surface area (Å²) in [6.07, 6.45) is 1.96. The predicted octanol–water partition coefficient (Wildman–Crippen LogP) is 0.477. The van der Waals surface area contributed by atoms with E-state index in [1.54, 1.807) is 10.0 Å². The second kappa shape index (κ2) is 11.2. The van der Waals surface area contributed by atoms with Crippen molar-refractivity contribution in [3.05, 3.63) is 24.8 Å². The molecule has 0 aromatic heterocycles. The fourth-order valence-corrected chi connectivity index (χ4v) is 1.22. The number of likely N-dealkylation sites (N-methyl/N-ethyl adjacent to an activating group) is 1. The fourth-order valence-electron chi connectivity index (χ4n) is 1.22. The summed E-state index contributed by atoms with van der Waals surface area (Å²) in [7, 11) is 7.53. The van der Waals surface area contributed by atoms with E-state index in [4.69, 9.17) is 5.73 Å². The van der Waals surface area contributed by atoms with Crippen molar-refractivity contribution in [2.75, 3.05) is 41.3 Å². The van der Waals surface area contributed by atoms with Gasteiger partial charge in [-0.1, -0.05) is 13.2 Å². The molecule has 0 rings (SSSR count). The lowest BCUT2D eigenvalue weighted by Crippen LogP contribution is -2.40. The maximum atomic E-state index is 11.0. The number of hydrazine groups is 1. The minimum absolute atomic E-state index is 0.0625. The number of hydrogen-bond donors (Lipinski definition) is 1. The molecule has 0 atom stereocenters. The van der Waals surface area contributed by atoms with Gasteiger partial charge >= 0.3 is 0 Å². The first kappa shape index (κ1) is 20.7. The minimum Gasteiger partial charge on any atom is -0.366 e. The SMILES string of the molecule is C=C(CCN(C)C)C(N)=O.C=CC(=O)N(CC)N(C)C. The van der Waals surface area contributed by atoms with E-state index in [0.717, 1.165) is 6.54 Å². The quantitative estimate of drug-likeness (QED) is 0.545. The highest BCUT2D eigenvalue weighted by molar-refractivity contribution is 5.91. The third kappa shape index (κ3) is 10.3. The van der Waals surface area contributed by atoms with E-state index in [-0.39, 0.29) is 5.91 Å². The van der Waals surface area contributed by atoms with Crippen molar-refractivity contribution in [3.8, 4) is 0 Å². The Morgan fingerprint density at radius 2 is 1.70 bits per heavy atom. The van der Waals surface area contributed by atoms with Crippen molar-refractivity contribution in [2.24, 2.45) is 5.73 Å². The van der Waals surface area contributed by atoms with E-state index in [2.05, 4.69) is 13.2 Å². The maximum Gasteiger partial charge on any atom is 0.260 e. The van der Waals surface area contributed by atoms with Crippen molar-refractivity contribution in [1.29, 1.82) is 0 Å². The Hall–Kier alpha value is -1.66. The molecule has 0 aromatic carbocycles. The fraction of sp³-hybridized carbons (Fsp3) is 0.571. The molecule has 0 unspecified atom stereocenters. The summed E-state index contributed by atoms with van der Waals surface area (Å²) in [5.41, 5.74) is 5.46. The van der Waals surface area contributed by atoms with Crippen LogP contribution in [0.15, 0.2) is 24.8 Å². The Morgan fingerprint density at radius 1 is 1.20 bits per heavy atom. The molecule has 0 spiro atoms. The monoisotopic (exact) mass is 284 g/mol. The first-order chi connectivity index (χ1) is 9.17. The van der Waals surface area contributed by atoms with E-state index in [9.17, 15) is 9.59 Å². The van der Waals surface area contributed by atoms with Crippen LogP contribution >= 0.6 is 0 Å². The highest BCUT2D eigenvalue weighted by Crippen LogP contribution is 1.96. The summed E-state index contributed by atoms with van der Waals surface area (Å²) in [5, 5.41) is 3.33. The van der Waals surface area contributed by atoms with Gasteiger partial charge in [-0.15, -0.1) is 0 Å². The number of nitrogens with zero attached hydrogens (tertiary/aromatic N) is 3. The minimum atomic E-state index is -0.401. The van der Waals surface area contributed by atoms with Gasteiger partial charge in [-0.25, -0.2) is 5.01 Å². The third-order valence-electron chi connectivity index (χ3n) is 2.42. The standard InChI is InChI=1S/2C7H14N2O/c1-6(7(8)10)4-5-9(2)3;1-5-7(10)9(6-2)8(3)4/h1,4-5H2,2-3H3,(H2,8,10);5H,1,6H2,2-4H3. The van der Waals surface area contributed by atoms with Crippen LogP contribution in [0.25, 0.3) is 0 Å². The Kier molecular flexibility index (Phi) is 11.6. The summed E-state index contributed by atoms with van der Waals surface area (Å²) >= 11 is 0. The van der Waals surface area contributed by atoms with Crippen LogP contribution < -0.4 is 5.73 Å². The first-order valence-electron chi connectivity index (χ1n) is 6.40. The molecular formula is C14H28N4O2. The molecule has 2 N–H and O–H groups in total. The summed E-state index contributed by atoms with van der Waals surface area (Å²) in [5.74, 6) is -0.464. The van der Waals surface area contributed by atoms with Gasteiger partial charge in [0.25, 0.3) is 5.91 Å². The van der Waals surface area contributed by atoms with Gasteiger partial charge in [-0.2, -0.15) is 0 Å². The zero-order valence-electron chi connectivity index (χ0n) is 13.3. The van der Waals surface area contributed by atoms with Gasteiger partial charge < -0.3 is 10.6 Å². The maximum absolute atomic E-state index is 11.0. The molecule has 116 valence electrons. The van der Waals surface area contributed by atoms with Crippen LogP contribution in [-0.2, 0) is 9.59 Å². The number of hydrogen-bond acceptors (Lipinski definition) is 4. The second-order valence-electron chi connectivity index (χ2n) is 4.63. The molecule has 2 amide bonds. The van der Waals surface area contributed by atoms with E-state index < -0.39 is 5.91 Å². The average molecular weight is 284 g/mol. The van der Waals surface area contributed by atoms with Crippen molar-refractivity contribution >= 4 is 11.8 Å². The van der Waals surface area contributed by atoms with Gasteiger partial charge in [0.05, 0.1) is 0 Å². The number of amides is 2.